The SMILES string of the molecule is CN1C(=O)CN(Cc2ccc(Cl)cc2Cl)C1=O. The number of hydrogen-bond donors (Lipinski definition) is 0. The predicted molar refractivity (Wildman–Crippen MR) is 65.0 cm³/mol. The largest absolute Gasteiger partial charge is 0.327 e. The van der Waals surface area contributed by atoms with E-state index in [4.69, 9.17) is 23.2 Å². The third-order valence-electron chi connectivity index (χ3n) is 2.63. The van der Waals surface area contributed by atoms with Gasteiger partial charge in [-0.15, -0.1) is 0 Å². The van der Waals surface area contributed by atoms with Gasteiger partial charge in [0.1, 0.15) is 6.54 Å². The number of benzene rings is 1. The Balaban J connectivity index is 2.17. The fourth-order valence-corrected chi connectivity index (χ4v) is 2.10. The van der Waals surface area contributed by atoms with Gasteiger partial charge in [-0.3, -0.25) is 9.69 Å². The molecule has 0 bridgehead atoms. The molecule has 1 aromatic carbocycles. The maximum atomic E-state index is 11.7. The molecule has 1 heterocycles. The van der Waals surface area contributed by atoms with Gasteiger partial charge in [0.05, 0.1) is 0 Å². The van der Waals surface area contributed by atoms with E-state index < -0.39 is 0 Å². The number of carbonyl (C=O) groups excluding carboxylic acids is 2. The Labute approximate surface area is 109 Å². The Hall–Kier alpha value is -1.26. The summed E-state index contributed by atoms with van der Waals surface area (Å²) in [7, 11) is 1.47. The molecule has 1 aromatic rings. The van der Waals surface area contributed by atoms with E-state index in [1.807, 2.05) is 0 Å². The number of hydrogen-bond acceptors (Lipinski definition) is 2. The van der Waals surface area contributed by atoms with Crippen LogP contribution in [0.4, 0.5) is 4.79 Å². The van der Waals surface area contributed by atoms with Gasteiger partial charge in [-0.25, -0.2) is 4.79 Å². The van der Waals surface area contributed by atoms with Crippen molar-refractivity contribution in [3.05, 3.63) is 33.8 Å². The zero-order valence-corrected chi connectivity index (χ0v) is 10.6. The summed E-state index contributed by atoms with van der Waals surface area (Å²) in [4.78, 5) is 25.5. The van der Waals surface area contributed by atoms with E-state index in [-0.39, 0.29) is 18.5 Å². The molecule has 0 spiro atoms. The summed E-state index contributed by atoms with van der Waals surface area (Å²) in [6, 6.07) is 4.76. The lowest BCUT2D eigenvalue weighted by Crippen LogP contribution is -2.29. The number of carbonyl (C=O) groups is 2. The molecule has 0 atom stereocenters. The molecule has 0 aromatic heterocycles. The van der Waals surface area contributed by atoms with Gasteiger partial charge in [-0.2, -0.15) is 0 Å². The van der Waals surface area contributed by atoms with Gasteiger partial charge in [0, 0.05) is 23.6 Å². The van der Waals surface area contributed by atoms with Crippen molar-refractivity contribution in [3.8, 4) is 0 Å². The summed E-state index contributed by atoms with van der Waals surface area (Å²) in [6.45, 7) is 0.402. The number of imide groups is 1. The molecule has 3 amide bonds. The Morgan fingerprint density at radius 1 is 1.29 bits per heavy atom. The molecule has 2 rings (SSSR count). The highest BCUT2D eigenvalue weighted by molar-refractivity contribution is 6.35. The quantitative estimate of drug-likeness (QED) is 0.776. The van der Waals surface area contributed by atoms with Gasteiger partial charge in [0.2, 0.25) is 5.91 Å². The van der Waals surface area contributed by atoms with Crippen LogP contribution >= 0.6 is 23.2 Å². The van der Waals surface area contributed by atoms with Crippen molar-refractivity contribution in [3.63, 3.8) is 0 Å². The maximum Gasteiger partial charge on any atom is 0.327 e. The molecule has 90 valence electrons. The van der Waals surface area contributed by atoms with Crippen molar-refractivity contribution in [2.24, 2.45) is 0 Å². The van der Waals surface area contributed by atoms with E-state index in [0.29, 0.717) is 16.6 Å². The standard InChI is InChI=1S/C11H10Cl2N2O2/c1-14-10(16)6-15(11(14)17)5-7-2-3-8(12)4-9(7)13/h2-4H,5-6H2,1H3. The summed E-state index contributed by atoms with van der Waals surface area (Å²) in [6.07, 6.45) is 0. The lowest BCUT2D eigenvalue weighted by molar-refractivity contribution is -0.124. The molecule has 6 heteroatoms. The number of amides is 3. The predicted octanol–water partition coefficient (Wildman–Crippen LogP) is 2.39. The van der Waals surface area contributed by atoms with E-state index in [0.717, 1.165) is 10.5 Å². The van der Waals surface area contributed by atoms with E-state index >= 15 is 0 Å². The van der Waals surface area contributed by atoms with Crippen LogP contribution in [0.5, 0.6) is 0 Å². The summed E-state index contributed by atoms with van der Waals surface area (Å²) in [5.41, 5.74) is 0.771. The lowest BCUT2D eigenvalue weighted by Gasteiger charge is -2.15. The van der Waals surface area contributed by atoms with Crippen molar-refractivity contribution in [1.29, 1.82) is 0 Å². The van der Waals surface area contributed by atoms with Crippen molar-refractivity contribution in [1.82, 2.24) is 9.80 Å². The highest BCUT2D eigenvalue weighted by atomic mass is 35.5. The third-order valence-corrected chi connectivity index (χ3v) is 3.22. The second kappa shape index (κ2) is 4.55. The van der Waals surface area contributed by atoms with Gasteiger partial charge < -0.3 is 4.90 Å². The maximum absolute atomic E-state index is 11.7. The minimum atomic E-state index is -0.305. The summed E-state index contributed by atoms with van der Waals surface area (Å²) in [5.74, 6) is -0.208. The number of urea groups is 1. The van der Waals surface area contributed by atoms with Crippen LogP contribution in [0.3, 0.4) is 0 Å². The molecule has 1 saturated heterocycles. The van der Waals surface area contributed by atoms with Crippen molar-refractivity contribution in [2.75, 3.05) is 13.6 Å². The molecular formula is C11H10Cl2N2O2. The van der Waals surface area contributed by atoms with E-state index in [1.165, 1.54) is 11.9 Å². The van der Waals surface area contributed by atoms with Crippen LogP contribution in [0.25, 0.3) is 0 Å². The van der Waals surface area contributed by atoms with Crippen LogP contribution in [0.15, 0.2) is 18.2 Å². The first-order chi connectivity index (χ1) is 7.99. The number of halogens is 2. The average molecular weight is 273 g/mol. The summed E-state index contributed by atoms with van der Waals surface area (Å²) in [5, 5.41) is 1.03. The Bertz CT molecular complexity index is 490. The van der Waals surface area contributed by atoms with E-state index in [9.17, 15) is 9.59 Å². The van der Waals surface area contributed by atoms with E-state index in [2.05, 4.69) is 0 Å². The topological polar surface area (TPSA) is 40.6 Å². The second-order valence-electron chi connectivity index (χ2n) is 3.83. The normalized spacial score (nSPS) is 15.9. The van der Waals surface area contributed by atoms with Crippen LogP contribution in [0.2, 0.25) is 10.0 Å². The van der Waals surface area contributed by atoms with Crippen LogP contribution in [0.1, 0.15) is 5.56 Å². The molecule has 0 saturated carbocycles. The van der Waals surface area contributed by atoms with Crippen LogP contribution in [-0.2, 0) is 11.3 Å². The Morgan fingerprint density at radius 2 is 2.00 bits per heavy atom. The van der Waals surface area contributed by atoms with Gasteiger partial charge >= 0.3 is 6.03 Å². The highest BCUT2D eigenvalue weighted by Crippen LogP contribution is 2.23. The highest BCUT2D eigenvalue weighted by Gasteiger charge is 2.32. The smallest absolute Gasteiger partial charge is 0.311 e. The molecule has 1 aliphatic heterocycles. The average Bonchev–Trinajstić information content (AvgIpc) is 2.50. The first-order valence-corrected chi connectivity index (χ1v) is 5.74. The molecule has 1 aliphatic rings. The van der Waals surface area contributed by atoms with Gasteiger partial charge in [-0.1, -0.05) is 29.3 Å². The van der Waals surface area contributed by atoms with Gasteiger partial charge in [0.25, 0.3) is 0 Å². The number of rotatable bonds is 2. The first-order valence-electron chi connectivity index (χ1n) is 4.98. The van der Waals surface area contributed by atoms with Crippen molar-refractivity contribution < 1.29 is 9.59 Å². The molecule has 0 unspecified atom stereocenters. The van der Waals surface area contributed by atoms with Crippen molar-refractivity contribution in [2.45, 2.75) is 6.54 Å². The molecule has 17 heavy (non-hydrogen) atoms. The Morgan fingerprint density at radius 3 is 2.53 bits per heavy atom. The van der Waals surface area contributed by atoms with Crippen LogP contribution in [-0.4, -0.2) is 35.3 Å². The number of nitrogens with zero attached hydrogens (tertiary/aromatic N) is 2. The molecule has 0 aliphatic carbocycles. The molecule has 4 nitrogen and oxygen atoms in total. The molecule has 0 N–H and O–H groups in total. The fourth-order valence-electron chi connectivity index (χ4n) is 1.63. The van der Waals surface area contributed by atoms with E-state index in [1.54, 1.807) is 18.2 Å². The summed E-state index contributed by atoms with van der Waals surface area (Å²) < 4.78 is 0. The minimum absolute atomic E-state index is 0.0916. The fraction of sp³-hybridized carbons (Fsp3) is 0.273. The second-order valence-corrected chi connectivity index (χ2v) is 4.67. The summed E-state index contributed by atoms with van der Waals surface area (Å²) >= 11 is 11.8. The van der Waals surface area contributed by atoms with Crippen LogP contribution in [0, 0.1) is 0 Å². The van der Waals surface area contributed by atoms with Gasteiger partial charge in [0.15, 0.2) is 0 Å². The third kappa shape index (κ3) is 2.37. The minimum Gasteiger partial charge on any atom is -0.311 e. The molecule has 1 fully saturated rings. The zero-order valence-electron chi connectivity index (χ0n) is 9.11. The monoisotopic (exact) mass is 272 g/mol. The first kappa shape index (κ1) is 12.2. The van der Waals surface area contributed by atoms with Gasteiger partial charge in [-0.05, 0) is 17.7 Å². The lowest BCUT2D eigenvalue weighted by atomic mass is 10.2. The van der Waals surface area contributed by atoms with Crippen LogP contribution < -0.4 is 0 Å². The molecule has 0 radical (unpaired) electrons. The molecular weight excluding hydrogens is 263 g/mol. The number of likely N-dealkylation sites (N-methyl/N-ethyl adjacent to an activating group) is 1. The zero-order chi connectivity index (χ0) is 12.6. The van der Waals surface area contributed by atoms with Crippen molar-refractivity contribution >= 4 is 35.1 Å². The Kier molecular flexibility index (Phi) is 3.26.